The first-order chi connectivity index (χ1) is 8.04. The molecule has 0 aromatic carbocycles. The monoisotopic (exact) mass is 277 g/mol. The molecule has 1 rings (SSSR count). The predicted octanol–water partition coefficient (Wildman–Crippen LogP) is 0.620. The molecule has 5 nitrogen and oxygen atoms in total. The molecule has 0 aliphatic carbocycles. The standard InChI is InChI=1S/C10H13Cl2N3O2/c11-7-5-8(12)10(17)15(6-7)4-1-9(16)14-3-2-13/h5-6H,1-4,13H2,(H,14,16). The van der Waals surface area contributed by atoms with E-state index in [1.165, 1.54) is 16.8 Å². The van der Waals surface area contributed by atoms with Crippen molar-refractivity contribution in [1.82, 2.24) is 9.88 Å². The molecule has 1 heterocycles. The van der Waals surface area contributed by atoms with Gasteiger partial charge in [-0.3, -0.25) is 9.59 Å². The average Bonchev–Trinajstić information content (AvgIpc) is 2.29. The second-order valence-electron chi connectivity index (χ2n) is 3.39. The minimum absolute atomic E-state index is 0.0415. The van der Waals surface area contributed by atoms with E-state index in [0.29, 0.717) is 18.1 Å². The first-order valence-electron chi connectivity index (χ1n) is 5.07. The highest BCUT2D eigenvalue weighted by molar-refractivity contribution is 6.34. The summed E-state index contributed by atoms with van der Waals surface area (Å²) in [4.78, 5) is 22.9. The van der Waals surface area contributed by atoms with Gasteiger partial charge >= 0.3 is 0 Å². The maximum Gasteiger partial charge on any atom is 0.269 e. The molecule has 1 aromatic heterocycles. The molecular weight excluding hydrogens is 265 g/mol. The van der Waals surface area contributed by atoms with Gasteiger partial charge in [-0.1, -0.05) is 23.2 Å². The Balaban J connectivity index is 2.63. The number of aryl methyl sites for hydroxylation is 1. The highest BCUT2D eigenvalue weighted by atomic mass is 35.5. The maximum absolute atomic E-state index is 11.6. The fourth-order valence-electron chi connectivity index (χ4n) is 1.25. The van der Waals surface area contributed by atoms with Crippen LogP contribution in [0.5, 0.6) is 0 Å². The molecular formula is C10H13Cl2N3O2. The third-order valence-corrected chi connectivity index (χ3v) is 2.53. The number of halogens is 2. The Morgan fingerprint density at radius 1 is 1.47 bits per heavy atom. The Hall–Kier alpha value is -1.04. The minimum Gasteiger partial charge on any atom is -0.355 e. The number of rotatable bonds is 5. The van der Waals surface area contributed by atoms with Crippen molar-refractivity contribution in [2.45, 2.75) is 13.0 Å². The zero-order valence-electron chi connectivity index (χ0n) is 9.08. The molecule has 0 unspecified atom stereocenters. The summed E-state index contributed by atoms with van der Waals surface area (Å²) >= 11 is 11.4. The van der Waals surface area contributed by atoms with Gasteiger partial charge in [-0.25, -0.2) is 0 Å². The summed E-state index contributed by atoms with van der Waals surface area (Å²) in [5, 5.41) is 3.01. The summed E-state index contributed by atoms with van der Waals surface area (Å²) in [7, 11) is 0. The van der Waals surface area contributed by atoms with E-state index in [4.69, 9.17) is 28.9 Å². The van der Waals surface area contributed by atoms with E-state index in [1.54, 1.807) is 0 Å². The summed E-state index contributed by atoms with van der Waals surface area (Å²) in [5.74, 6) is -0.168. The summed E-state index contributed by atoms with van der Waals surface area (Å²) in [6, 6.07) is 1.37. The minimum atomic E-state index is -0.359. The number of amides is 1. The third kappa shape index (κ3) is 4.38. The smallest absolute Gasteiger partial charge is 0.269 e. The van der Waals surface area contributed by atoms with Gasteiger partial charge in [-0.05, 0) is 6.07 Å². The van der Waals surface area contributed by atoms with Gasteiger partial charge in [0.2, 0.25) is 5.91 Å². The molecule has 0 saturated carbocycles. The molecule has 3 N–H and O–H groups in total. The van der Waals surface area contributed by atoms with Gasteiger partial charge < -0.3 is 15.6 Å². The number of pyridine rings is 1. The van der Waals surface area contributed by atoms with Crippen LogP contribution in [0.4, 0.5) is 0 Å². The Bertz CT molecular complexity index is 459. The Labute approximate surface area is 109 Å². The number of nitrogens with one attached hydrogen (secondary N) is 1. The fourth-order valence-corrected chi connectivity index (χ4v) is 1.76. The fraction of sp³-hybridized carbons (Fsp3) is 0.400. The number of nitrogens with zero attached hydrogens (tertiary/aromatic N) is 1. The Morgan fingerprint density at radius 2 is 2.18 bits per heavy atom. The molecule has 0 aliphatic rings. The largest absolute Gasteiger partial charge is 0.355 e. The topological polar surface area (TPSA) is 77.1 Å². The molecule has 0 saturated heterocycles. The van der Waals surface area contributed by atoms with E-state index in [0.717, 1.165) is 0 Å². The normalized spacial score (nSPS) is 10.3. The van der Waals surface area contributed by atoms with Crippen LogP contribution >= 0.6 is 23.2 Å². The number of hydrogen-bond acceptors (Lipinski definition) is 3. The van der Waals surface area contributed by atoms with Gasteiger partial charge in [0.25, 0.3) is 5.56 Å². The highest BCUT2D eigenvalue weighted by Crippen LogP contribution is 2.11. The molecule has 17 heavy (non-hydrogen) atoms. The summed E-state index contributed by atoms with van der Waals surface area (Å²) < 4.78 is 1.31. The van der Waals surface area contributed by atoms with Crippen molar-refractivity contribution >= 4 is 29.1 Å². The van der Waals surface area contributed by atoms with Crippen LogP contribution < -0.4 is 16.6 Å². The lowest BCUT2D eigenvalue weighted by Crippen LogP contribution is -2.31. The predicted molar refractivity (Wildman–Crippen MR) is 67.4 cm³/mol. The van der Waals surface area contributed by atoms with Gasteiger partial charge in [0.05, 0.1) is 5.02 Å². The number of nitrogens with two attached hydrogens (primary N) is 1. The molecule has 1 aromatic rings. The van der Waals surface area contributed by atoms with Crippen molar-refractivity contribution in [2.24, 2.45) is 5.73 Å². The number of aromatic nitrogens is 1. The average molecular weight is 278 g/mol. The van der Waals surface area contributed by atoms with Crippen LogP contribution in [0.15, 0.2) is 17.1 Å². The lowest BCUT2D eigenvalue weighted by molar-refractivity contribution is -0.121. The highest BCUT2D eigenvalue weighted by Gasteiger charge is 2.06. The lowest BCUT2D eigenvalue weighted by atomic mass is 10.3. The van der Waals surface area contributed by atoms with Gasteiger partial charge in [-0.2, -0.15) is 0 Å². The second kappa shape index (κ2) is 6.64. The van der Waals surface area contributed by atoms with E-state index >= 15 is 0 Å². The van der Waals surface area contributed by atoms with E-state index in [2.05, 4.69) is 5.32 Å². The molecule has 0 fully saturated rings. The number of carbonyl (C=O) groups is 1. The Morgan fingerprint density at radius 3 is 2.82 bits per heavy atom. The van der Waals surface area contributed by atoms with Gasteiger partial charge in [0.15, 0.2) is 0 Å². The van der Waals surface area contributed by atoms with E-state index in [-0.39, 0.29) is 29.5 Å². The SMILES string of the molecule is NCCNC(=O)CCn1cc(Cl)cc(Cl)c1=O. The van der Waals surface area contributed by atoms with Crippen molar-refractivity contribution < 1.29 is 4.79 Å². The van der Waals surface area contributed by atoms with Crippen LogP contribution in [0.1, 0.15) is 6.42 Å². The van der Waals surface area contributed by atoms with Crippen LogP contribution in [0, 0.1) is 0 Å². The van der Waals surface area contributed by atoms with Crippen LogP contribution in [0.2, 0.25) is 10.0 Å². The van der Waals surface area contributed by atoms with E-state index < -0.39 is 0 Å². The van der Waals surface area contributed by atoms with Crippen molar-refractivity contribution in [1.29, 1.82) is 0 Å². The second-order valence-corrected chi connectivity index (χ2v) is 4.24. The zero-order valence-corrected chi connectivity index (χ0v) is 10.6. The maximum atomic E-state index is 11.6. The van der Waals surface area contributed by atoms with Gasteiger partial charge in [-0.15, -0.1) is 0 Å². The first-order valence-corrected chi connectivity index (χ1v) is 5.82. The number of carbonyl (C=O) groups excluding carboxylic acids is 1. The van der Waals surface area contributed by atoms with Gasteiger partial charge in [0.1, 0.15) is 5.02 Å². The van der Waals surface area contributed by atoms with Crippen molar-refractivity contribution in [2.75, 3.05) is 13.1 Å². The van der Waals surface area contributed by atoms with Crippen LogP contribution in [0.25, 0.3) is 0 Å². The molecule has 7 heteroatoms. The molecule has 94 valence electrons. The van der Waals surface area contributed by atoms with Crippen LogP contribution in [0.3, 0.4) is 0 Å². The molecule has 0 bridgehead atoms. The third-order valence-electron chi connectivity index (χ3n) is 2.06. The van der Waals surface area contributed by atoms with Crippen molar-refractivity contribution in [3.8, 4) is 0 Å². The zero-order chi connectivity index (χ0) is 12.8. The van der Waals surface area contributed by atoms with E-state index in [1.807, 2.05) is 0 Å². The van der Waals surface area contributed by atoms with Gasteiger partial charge in [0, 0.05) is 32.3 Å². The summed E-state index contributed by atoms with van der Waals surface area (Å²) in [6.45, 7) is 1.04. The molecule has 0 aliphatic heterocycles. The summed E-state index contributed by atoms with van der Waals surface area (Å²) in [6.07, 6.45) is 1.63. The molecule has 0 spiro atoms. The molecule has 0 radical (unpaired) electrons. The van der Waals surface area contributed by atoms with Crippen LogP contribution in [-0.2, 0) is 11.3 Å². The first kappa shape index (κ1) is 14.0. The van der Waals surface area contributed by atoms with Crippen LogP contribution in [-0.4, -0.2) is 23.6 Å². The van der Waals surface area contributed by atoms with Crippen molar-refractivity contribution in [3.05, 3.63) is 32.7 Å². The summed E-state index contributed by atoms with van der Waals surface area (Å²) in [5.41, 5.74) is 4.88. The lowest BCUT2D eigenvalue weighted by Gasteiger charge is -2.07. The molecule has 1 amide bonds. The quantitative estimate of drug-likeness (QED) is 0.829. The van der Waals surface area contributed by atoms with Crippen molar-refractivity contribution in [3.63, 3.8) is 0 Å². The molecule has 0 atom stereocenters. The number of hydrogen-bond donors (Lipinski definition) is 2. The Kier molecular flexibility index (Phi) is 5.47. The van der Waals surface area contributed by atoms with E-state index in [9.17, 15) is 9.59 Å².